The second-order valence-corrected chi connectivity index (χ2v) is 5.81. The Kier molecular flexibility index (Phi) is 6.49. The van der Waals surface area contributed by atoms with Crippen molar-refractivity contribution >= 4 is 0 Å². The molecule has 1 aliphatic heterocycles. The van der Waals surface area contributed by atoms with Crippen LogP contribution in [0.1, 0.15) is 25.3 Å². The molecule has 0 bridgehead atoms. The van der Waals surface area contributed by atoms with Gasteiger partial charge in [0.15, 0.2) is 0 Å². The third kappa shape index (κ3) is 5.30. The second-order valence-electron chi connectivity index (χ2n) is 5.81. The van der Waals surface area contributed by atoms with Crippen LogP contribution in [0.3, 0.4) is 0 Å². The number of likely N-dealkylation sites (N-methyl/N-ethyl adjacent to an activating group) is 2. The van der Waals surface area contributed by atoms with Gasteiger partial charge in [0, 0.05) is 19.6 Å². The second kappa shape index (κ2) is 8.37. The van der Waals surface area contributed by atoms with Crippen LogP contribution in [-0.4, -0.2) is 50.9 Å². The van der Waals surface area contributed by atoms with Crippen molar-refractivity contribution < 1.29 is 9.47 Å². The van der Waals surface area contributed by atoms with Gasteiger partial charge in [0.25, 0.3) is 0 Å². The Morgan fingerprint density at radius 2 is 2.14 bits per heavy atom. The molecule has 1 saturated heterocycles. The summed E-state index contributed by atoms with van der Waals surface area (Å²) < 4.78 is 11.4. The van der Waals surface area contributed by atoms with Gasteiger partial charge in [-0.3, -0.25) is 4.90 Å². The number of hydrogen-bond acceptors (Lipinski definition) is 4. The average Bonchev–Trinajstić information content (AvgIpc) is 2.92. The minimum atomic E-state index is 0.365. The van der Waals surface area contributed by atoms with Gasteiger partial charge in [-0.15, -0.1) is 0 Å². The standard InChI is InChI=1S/C17H28N2O2/c1-4-18-11-16-8-9-17(21-16)13-19(2)12-14-6-5-7-15(10-14)20-3/h5-7,10,16-18H,4,8-9,11-13H2,1-3H3. The molecule has 118 valence electrons. The van der Waals surface area contributed by atoms with E-state index < -0.39 is 0 Å². The molecule has 0 aromatic heterocycles. The molecule has 4 nitrogen and oxygen atoms in total. The van der Waals surface area contributed by atoms with Crippen molar-refractivity contribution in [2.24, 2.45) is 0 Å². The first kappa shape index (κ1) is 16.3. The normalized spacial score (nSPS) is 21.9. The van der Waals surface area contributed by atoms with Crippen LogP contribution >= 0.6 is 0 Å². The van der Waals surface area contributed by atoms with Gasteiger partial charge < -0.3 is 14.8 Å². The lowest BCUT2D eigenvalue weighted by molar-refractivity contribution is 0.0269. The number of ether oxygens (including phenoxy) is 2. The smallest absolute Gasteiger partial charge is 0.119 e. The molecule has 1 aromatic rings. The molecule has 1 aliphatic rings. The third-order valence-electron chi connectivity index (χ3n) is 3.92. The van der Waals surface area contributed by atoms with E-state index in [2.05, 4.69) is 36.3 Å². The quantitative estimate of drug-likeness (QED) is 0.797. The van der Waals surface area contributed by atoms with E-state index in [0.29, 0.717) is 12.2 Å². The van der Waals surface area contributed by atoms with Crippen LogP contribution in [0.5, 0.6) is 5.75 Å². The van der Waals surface area contributed by atoms with Crippen LogP contribution < -0.4 is 10.1 Å². The predicted molar refractivity (Wildman–Crippen MR) is 85.8 cm³/mol. The van der Waals surface area contributed by atoms with Gasteiger partial charge in [-0.1, -0.05) is 19.1 Å². The summed E-state index contributed by atoms with van der Waals surface area (Å²) in [6.45, 7) is 6.04. The summed E-state index contributed by atoms with van der Waals surface area (Å²) in [6, 6.07) is 8.26. The van der Waals surface area contributed by atoms with E-state index in [4.69, 9.17) is 9.47 Å². The molecule has 1 heterocycles. The first-order chi connectivity index (χ1) is 10.2. The topological polar surface area (TPSA) is 33.7 Å². The Hall–Kier alpha value is -1.10. The maximum absolute atomic E-state index is 6.09. The zero-order valence-corrected chi connectivity index (χ0v) is 13.5. The summed E-state index contributed by atoms with van der Waals surface area (Å²) in [5, 5.41) is 3.36. The Morgan fingerprint density at radius 3 is 2.90 bits per heavy atom. The zero-order chi connectivity index (χ0) is 15.1. The van der Waals surface area contributed by atoms with Gasteiger partial charge in [0.05, 0.1) is 19.3 Å². The van der Waals surface area contributed by atoms with Crippen molar-refractivity contribution in [2.75, 3.05) is 33.8 Å². The molecule has 2 unspecified atom stereocenters. The Labute approximate surface area is 128 Å². The Bertz CT molecular complexity index is 425. The molecule has 0 saturated carbocycles. The summed E-state index contributed by atoms with van der Waals surface area (Å²) in [4.78, 5) is 2.33. The molecule has 0 aliphatic carbocycles. The molecule has 2 atom stereocenters. The number of rotatable bonds is 8. The van der Waals surface area contributed by atoms with E-state index in [0.717, 1.165) is 31.9 Å². The van der Waals surface area contributed by atoms with Crippen molar-refractivity contribution in [3.05, 3.63) is 29.8 Å². The van der Waals surface area contributed by atoms with Gasteiger partial charge in [0.2, 0.25) is 0 Å². The SMILES string of the molecule is CCNCC1CCC(CN(C)Cc2cccc(OC)c2)O1. The monoisotopic (exact) mass is 292 g/mol. The highest BCUT2D eigenvalue weighted by Crippen LogP contribution is 2.21. The molecule has 4 heteroatoms. The number of methoxy groups -OCH3 is 1. The van der Waals surface area contributed by atoms with Crippen LogP contribution in [0.2, 0.25) is 0 Å². The van der Waals surface area contributed by atoms with Crippen LogP contribution in [0.4, 0.5) is 0 Å². The molecule has 1 fully saturated rings. The molecule has 21 heavy (non-hydrogen) atoms. The van der Waals surface area contributed by atoms with Crippen molar-refractivity contribution in [2.45, 2.75) is 38.5 Å². The van der Waals surface area contributed by atoms with Gasteiger partial charge in [-0.2, -0.15) is 0 Å². The molecule has 0 amide bonds. The van der Waals surface area contributed by atoms with Crippen LogP contribution in [0, 0.1) is 0 Å². The van der Waals surface area contributed by atoms with Crippen molar-refractivity contribution in [1.29, 1.82) is 0 Å². The molecule has 2 rings (SSSR count). The van der Waals surface area contributed by atoms with Gasteiger partial charge in [-0.25, -0.2) is 0 Å². The summed E-state index contributed by atoms with van der Waals surface area (Å²) in [5.41, 5.74) is 1.28. The lowest BCUT2D eigenvalue weighted by Crippen LogP contribution is -2.31. The van der Waals surface area contributed by atoms with Gasteiger partial charge in [-0.05, 0) is 44.1 Å². The highest BCUT2D eigenvalue weighted by Gasteiger charge is 2.25. The Morgan fingerprint density at radius 1 is 1.33 bits per heavy atom. The Balaban J connectivity index is 1.75. The van der Waals surface area contributed by atoms with E-state index in [1.54, 1.807) is 7.11 Å². The van der Waals surface area contributed by atoms with E-state index in [1.165, 1.54) is 18.4 Å². The fourth-order valence-corrected chi connectivity index (χ4v) is 2.86. The molecule has 1 aromatic carbocycles. The summed E-state index contributed by atoms with van der Waals surface area (Å²) in [7, 11) is 3.86. The average molecular weight is 292 g/mol. The fraction of sp³-hybridized carbons (Fsp3) is 0.647. The minimum absolute atomic E-state index is 0.365. The highest BCUT2D eigenvalue weighted by molar-refractivity contribution is 5.28. The van der Waals surface area contributed by atoms with Gasteiger partial charge in [0.1, 0.15) is 5.75 Å². The third-order valence-corrected chi connectivity index (χ3v) is 3.92. The van der Waals surface area contributed by atoms with Crippen molar-refractivity contribution in [1.82, 2.24) is 10.2 Å². The van der Waals surface area contributed by atoms with Crippen molar-refractivity contribution in [3.63, 3.8) is 0 Å². The largest absolute Gasteiger partial charge is 0.497 e. The molecular formula is C17H28N2O2. The number of benzene rings is 1. The summed E-state index contributed by atoms with van der Waals surface area (Å²) in [6.07, 6.45) is 3.09. The van der Waals surface area contributed by atoms with Crippen LogP contribution in [0.15, 0.2) is 24.3 Å². The summed E-state index contributed by atoms with van der Waals surface area (Å²) >= 11 is 0. The molecule has 0 radical (unpaired) electrons. The van der Waals surface area contributed by atoms with Gasteiger partial charge >= 0.3 is 0 Å². The maximum atomic E-state index is 6.09. The number of nitrogens with zero attached hydrogens (tertiary/aromatic N) is 1. The van der Waals surface area contributed by atoms with E-state index in [1.807, 2.05) is 12.1 Å². The lowest BCUT2D eigenvalue weighted by atomic mass is 10.1. The van der Waals surface area contributed by atoms with Crippen LogP contribution in [0.25, 0.3) is 0 Å². The molecular weight excluding hydrogens is 264 g/mol. The lowest BCUT2D eigenvalue weighted by Gasteiger charge is -2.21. The number of hydrogen-bond donors (Lipinski definition) is 1. The molecule has 0 spiro atoms. The highest BCUT2D eigenvalue weighted by atomic mass is 16.5. The predicted octanol–water partition coefficient (Wildman–Crippen LogP) is 2.28. The van der Waals surface area contributed by atoms with E-state index in [9.17, 15) is 0 Å². The maximum Gasteiger partial charge on any atom is 0.119 e. The van der Waals surface area contributed by atoms with Crippen molar-refractivity contribution in [3.8, 4) is 5.75 Å². The minimum Gasteiger partial charge on any atom is -0.497 e. The first-order valence-corrected chi connectivity index (χ1v) is 7.89. The van der Waals surface area contributed by atoms with E-state index in [-0.39, 0.29) is 0 Å². The fourth-order valence-electron chi connectivity index (χ4n) is 2.86. The summed E-state index contributed by atoms with van der Waals surface area (Å²) in [5.74, 6) is 0.920. The first-order valence-electron chi connectivity index (χ1n) is 7.89. The molecule has 1 N–H and O–H groups in total. The van der Waals surface area contributed by atoms with Crippen LogP contribution in [-0.2, 0) is 11.3 Å². The zero-order valence-electron chi connectivity index (χ0n) is 13.5. The number of nitrogens with one attached hydrogen (secondary N) is 1. The van der Waals surface area contributed by atoms with E-state index >= 15 is 0 Å².